The SMILES string of the molecule is CCNC(=NCc1cccc(OCC)c1)NCCc1ccccc1OC. The lowest BCUT2D eigenvalue weighted by molar-refractivity contribution is 0.340. The summed E-state index contributed by atoms with van der Waals surface area (Å²) >= 11 is 0. The van der Waals surface area contributed by atoms with E-state index < -0.39 is 0 Å². The molecular weight excluding hydrogens is 326 g/mol. The third kappa shape index (κ3) is 6.31. The lowest BCUT2D eigenvalue weighted by Gasteiger charge is -2.13. The predicted molar refractivity (Wildman–Crippen MR) is 107 cm³/mol. The Morgan fingerprint density at radius 1 is 1.04 bits per heavy atom. The third-order valence-electron chi connectivity index (χ3n) is 3.85. The smallest absolute Gasteiger partial charge is 0.191 e. The molecule has 0 aromatic heterocycles. The molecule has 0 bridgehead atoms. The molecule has 0 saturated carbocycles. The van der Waals surface area contributed by atoms with Gasteiger partial charge in [-0.05, 0) is 49.6 Å². The Balaban J connectivity index is 1.93. The van der Waals surface area contributed by atoms with Crippen LogP contribution in [0.5, 0.6) is 11.5 Å². The maximum Gasteiger partial charge on any atom is 0.191 e. The van der Waals surface area contributed by atoms with E-state index in [0.29, 0.717) is 13.2 Å². The van der Waals surface area contributed by atoms with E-state index in [1.54, 1.807) is 7.11 Å². The lowest BCUT2D eigenvalue weighted by atomic mass is 10.1. The van der Waals surface area contributed by atoms with Gasteiger partial charge in [0.25, 0.3) is 0 Å². The minimum atomic E-state index is 0.602. The Morgan fingerprint density at radius 3 is 2.65 bits per heavy atom. The number of hydrogen-bond acceptors (Lipinski definition) is 3. The first-order valence-corrected chi connectivity index (χ1v) is 9.12. The standard InChI is InChI=1S/C21H29N3O2/c1-4-22-21(23-14-13-18-10-6-7-12-20(18)25-3)24-16-17-9-8-11-19(15-17)26-5-2/h6-12,15H,4-5,13-14,16H2,1-3H3,(H2,22,23,24). The van der Waals surface area contributed by atoms with Crippen molar-refractivity contribution in [2.45, 2.75) is 26.8 Å². The number of ether oxygens (including phenoxy) is 2. The van der Waals surface area contributed by atoms with E-state index in [2.05, 4.69) is 34.7 Å². The molecule has 0 aliphatic rings. The summed E-state index contributed by atoms with van der Waals surface area (Å²) < 4.78 is 10.9. The number of nitrogens with one attached hydrogen (secondary N) is 2. The van der Waals surface area contributed by atoms with Crippen LogP contribution in [0, 0.1) is 0 Å². The number of para-hydroxylation sites is 1. The lowest BCUT2D eigenvalue weighted by Crippen LogP contribution is -2.38. The average Bonchev–Trinajstić information content (AvgIpc) is 2.67. The van der Waals surface area contributed by atoms with Gasteiger partial charge in [0, 0.05) is 13.1 Å². The van der Waals surface area contributed by atoms with Gasteiger partial charge in [0.05, 0.1) is 20.3 Å². The van der Waals surface area contributed by atoms with Crippen LogP contribution in [0.4, 0.5) is 0 Å². The molecule has 5 heteroatoms. The van der Waals surface area contributed by atoms with Gasteiger partial charge in [-0.1, -0.05) is 30.3 Å². The minimum absolute atomic E-state index is 0.602. The minimum Gasteiger partial charge on any atom is -0.496 e. The zero-order valence-corrected chi connectivity index (χ0v) is 15.9. The summed E-state index contributed by atoms with van der Waals surface area (Å²) in [5.74, 6) is 2.61. The number of nitrogens with zero attached hydrogens (tertiary/aromatic N) is 1. The van der Waals surface area contributed by atoms with Crippen molar-refractivity contribution in [2.24, 2.45) is 4.99 Å². The Kier molecular flexibility index (Phi) is 8.33. The number of aliphatic imine (C=N–C) groups is 1. The molecule has 0 aliphatic carbocycles. The maximum absolute atomic E-state index is 5.54. The van der Waals surface area contributed by atoms with Crippen LogP contribution >= 0.6 is 0 Å². The molecule has 0 radical (unpaired) electrons. The van der Waals surface area contributed by atoms with Crippen LogP contribution in [0.2, 0.25) is 0 Å². The van der Waals surface area contributed by atoms with Crippen LogP contribution in [0.25, 0.3) is 0 Å². The fraction of sp³-hybridized carbons (Fsp3) is 0.381. The zero-order valence-electron chi connectivity index (χ0n) is 15.9. The molecule has 26 heavy (non-hydrogen) atoms. The van der Waals surface area contributed by atoms with Crippen molar-refractivity contribution in [3.8, 4) is 11.5 Å². The van der Waals surface area contributed by atoms with E-state index in [0.717, 1.165) is 42.5 Å². The highest BCUT2D eigenvalue weighted by atomic mass is 16.5. The van der Waals surface area contributed by atoms with Crippen molar-refractivity contribution in [1.29, 1.82) is 0 Å². The highest BCUT2D eigenvalue weighted by Crippen LogP contribution is 2.17. The Morgan fingerprint density at radius 2 is 1.88 bits per heavy atom. The van der Waals surface area contributed by atoms with Gasteiger partial charge in [0.15, 0.2) is 5.96 Å². The summed E-state index contributed by atoms with van der Waals surface area (Å²) in [6.45, 7) is 6.92. The monoisotopic (exact) mass is 355 g/mol. The van der Waals surface area contributed by atoms with Crippen LogP contribution in [-0.4, -0.2) is 32.8 Å². The van der Waals surface area contributed by atoms with Crippen molar-refractivity contribution in [3.05, 3.63) is 59.7 Å². The second kappa shape index (κ2) is 11.0. The third-order valence-corrected chi connectivity index (χ3v) is 3.85. The molecule has 140 valence electrons. The Labute approximate surface area is 156 Å². The largest absolute Gasteiger partial charge is 0.496 e. The van der Waals surface area contributed by atoms with Crippen molar-refractivity contribution in [3.63, 3.8) is 0 Å². The zero-order chi connectivity index (χ0) is 18.6. The molecule has 0 atom stereocenters. The molecule has 0 spiro atoms. The summed E-state index contributed by atoms with van der Waals surface area (Å²) in [7, 11) is 1.70. The number of benzene rings is 2. The summed E-state index contributed by atoms with van der Waals surface area (Å²) in [4.78, 5) is 4.67. The number of methoxy groups -OCH3 is 1. The van der Waals surface area contributed by atoms with Crippen LogP contribution < -0.4 is 20.1 Å². The molecular formula is C21H29N3O2. The molecule has 5 nitrogen and oxygen atoms in total. The molecule has 0 fully saturated rings. The average molecular weight is 355 g/mol. The van der Waals surface area contributed by atoms with Gasteiger partial charge in [-0.2, -0.15) is 0 Å². The van der Waals surface area contributed by atoms with Gasteiger partial charge in [0.1, 0.15) is 11.5 Å². The predicted octanol–water partition coefficient (Wildman–Crippen LogP) is 3.39. The van der Waals surface area contributed by atoms with Gasteiger partial charge < -0.3 is 20.1 Å². The van der Waals surface area contributed by atoms with Crippen molar-refractivity contribution >= 4 is 5.96 Å². The summed E-state index contributed by atoms with van der Waals surface area (Å²) in [5, 5.41) is 6.67. The Hall–Kier alpha value is -2.69. The van der Waals surface area contributed by atoms with E-state index >= 15 is 0 Å². The first-order valence-electron chi connectivity index (χ1n) is 9.12. The van der Waals surface area contributed by atoms with Crippen molar-refractivity contribution in [2.75, 3.05) is 26.8 Å². The molecule has 0 aliphatic heterocycles. The van der Waals surface area contributed by atoms with E-state index in [-0.39, 0.29) is 0 Å². The molecule has 0 amide bonds. The maximum atomic E-state index is 5.54. The normalized spacial score (nSPS) is 11.1. The van der Waals surface area contributed by atoms with Gasteiger partial charge in [0.2, 0.25) is 0 Å². The Bertz CT molecular complexity index is 701. The second-order valence-electron chi connectivity index (χ2n) is 5.76. The molecule has 2 aromatic carbocycles. The van der Waals surface area contributed by atoms with E-state index in [4.69, 9.17) is 9.47 Å². The molecule has 0 unspecified atom stereocenters. The van der Waals surface area contributed by atoms with E-state index in [9.17, 15) is 0 Å². The van der Waals surface area contributed by atoms with Crippen LogP contribution in [0.1, 0.15) is 25.0 Å². The van der Waals surface area contributed by atoms with E-state index in [1.807, 2.05) is 43.3 Å². The van der Waals surface area contributed by atoms with Crippen molar-refractivity contribution < 1.29 is 9.47 Å². The number of guanidine groups is 1. The second-order valence-corrected chi connectivity index (χ2v) is 5.76. The van der Waals surface area contributed by atoms with Gasteiger partial charge in [-0.3, -0.25) is 0 Å². The summed E-state index contributed by atoms with van der Waals surface area (Å²) in [5.41, 5.74) is 2.31. The fourth-order valence-corrected chi connectivity index (χ4v) is 2.64. The van der Waals surface area contributed by atoms with Crippen LogP contribution in [-0.2, 0) is 13.0 Å². The number of hydrogen-bond donors (Lipinski definition) is 2. The molecule has 2 rings (SSSR count). The van der Waals surface area contributed by atoms with Crippen LogP contribution in [0.3, 0.4) is 0 Å². The highest BCUT2D eigenvalue weighted by molar-refractivity contribution is 5.79. The summed E-state index contributed by atoms with van der Waals surface area (Å²) in [6, 6.07) is 16.1. The first-order chi connectivity index (χ1) is 12.8. The summed E-state index contributed by atoms with van der Waals surface area (Å²) in [6.07, 6.45) is 0.869. The molecule has 0 heterocycles. The topological polar surface area (TPSA) is 54.9 Å². The highest BCUT2D eigenvalue weighted by Gasteiger charge is 2.03. The quantitative estimate of drug-likeness (QED) is 0.535. The van der Waals surface area contributed by atoms with Gasteiger partial charge >= 0.3 is 0 Å². The fourth-order valence-electron chi connectivity index (χ4n) is 2.64. The van der Waals surface area contributed by atoms with Gasteiger partial charge in [-0.25, -0.2) is 4.99 Å². The van der Waals surface area contributed by atoms with E-state index in [1.165, 1.54) is 5.56 Å². The molecule has 2 N–H and O–H groups in total. The number of rotatable bonds is 9. The van der Waals surface area contributed by atoms with Crippen molar-refractivity contribution in [1.82, 2.24) is 10.6 Å². The molecule has 0 saturated heterocycles. The molecule has 2 aromatic rings. The van der Waals surface area contributed by atoms with Crippen LogP contribution in [0.15, 0.2) is 53.5 Å². The first kappa shape index (κ1) is 19.6. The van der Waals surface area contributed by atoms with Gasteiger partial charge in [-0.15, -0.1) is 0 Å².